The highest BCUT2D eigenvalue weighted by atomic mass is 16.2. The molecule has 1 N–H and O–H groups in total. The van der Waals surface area contributed by atoms with Crippen LogP contribution in [-0.2, 0) is 9.59 Å². The average molecular weight is 257 g/mol. The Labute approximate surface area is 111 Å². The van der Waals surface area contributed by atoms with Gasteiger partial charge < -0.3 is 4.57 Å². The minimum absolute atomic E-state index is 0.198. The van der Waals surface area contributed by atoms with Crippen molar-refractivity contribution in [1.29, 1.82) is 0 Å². The third kappa shape index (κ3) is 2.12. The molecule has 98 valence electrons. The average Bonchev–Trinajstić information content (AvgIpc) is 2.67. The van der Waals surface area contributed by atoms with E-state index in [1.54, 1.807) is 6.33 Å². The van der Waals surface area contributed by atoms with Crippen molar-refractivity contribution in [3.05, 3.63) is 29.9 Å². The Kier molecular flexibility index (Phi) is 2.81. The Morgan fingerprint density at radius 1 is 1.32 bits per heavy atom. The smallest absolute Gasteiger partial charge is 0.249 e. The summed E-state index contributed by atoms with van der Waals surface area (Å²) in [5, 5.41) is 2.38. The highest BCUT2D eigenvalue weighted by Crippen LogP contribution is 2.25. The van der Waals surface area contributed by atoms with Crippen molar-refractivity contribution in [3.8, 4) is 0 Å². The van der Waals surface area contributed by atoms with Crippen molar-refractivity contribution in [2.75, 3.05) is 0 Å². The maximum Gasteiger partial charge on any atom is 0.249 e. The molecule has 5 nitrogen and oxygen atoms in total. The summed E-state index contributed by atoms with van der Waals surface area (Å²) in [6.45, 7) is 2.09. The molecule has 1 aromatic heterocycles. The molecule has 1 aromatic rings. The molecule has 1 aliphatic carbocycles. The number of aromatic nitrogens is 2. The standard InChI is InChI=1S/C14H15N3O2/c1-9-2-4-10-11(5-3-9)17(8-15-10)12-6-7-13(18)16-14(12)19/h2-5,8-9,12H,6-7H2,1H3,(H,16,18,19)/t9-,12?/m1/s1. The molecular formula is C14H15N3O2. The van der Waals surface area contributed by atoms with Gasteiger partial charge in [0.2, 0.25) is 11.8 Å². The number of allylic oxidation sites excluding steroid dienone is 2. The molecule has 1 aliphatic heterocycles. The molecule has 2 heterocycles. The summed E-state index contributed by atoms with van der Waals surface area (Å²) < 4.78 is 1.86. The van der Waals surface area contributed by atoms with Crippen LogP contribution in [0.5, 0.6) is 0 Å². The van der Waals surface area contributed by atoms with Crippen molar-refractivity contribution in [1.82, 2.24) is 14.9 Å². The van der Waals surface area contributed by atoms with Gasteiger partial charge in [0.25, 0.3) is 0 Å². The number of carbonyl (C=O) groups is 2. The van der Waals surface area contributed by atoms with Crippen molar-refractivity contribution in [2.24, 2.45) is 5.92 Å². The van der Waals surface area contributed by atoms with E-state index in [9.17, 15) is 9.59 Å². The van der Waals surface area contributed by atoms with E-state index < -0.39 is 0 Å². The zero-order valence-corrected chi connectivity index (χ0v) is 10.7. The molecule has 1 fully saturated rings. The molecule has 0 bridgehead atoms. The predicted molar refractivity (Wildman–Crippen MR) is 70.9 cm³/mol. The van der Waals surface area contributed by atoms with Crippen molar-refractivity contribution in [3.63, 3.8) is 0 Å². The minimum atomic E-state index is -0.347. The number of amides is 2. The number of hydrogen-bond acceptors (Lipinski definition) is 3. The lowest BCUT2D eigenvalue weighted by Gasteiger charge is -2.23. The number of fused-ring (bicyclic) bond motifs is 1. The minimum Gasteiger partial charge on any atom is -0.318 e. The molecule has 5 heteroatoms. The van der Waals surface area contributed by atoms with E-state index in [2.05, 4.69) is 29.4 Å². The molecule has 0 radical (unpaired) electrons. The molecule has 0 saturated carbocycles. The van der Waals surface area contributed by atoms with Crippen molar-refractivity contribution < 1.29 is 9.59 Å². The third-order valence-corrected chi connectivity index (χ3v) is 3.52. The van der Waals surface area contributed by atoms with E-state index in [0.29, 0.717) is 18.8 Å². The second-order valence-electron chi connectivity index (χ2n) is 4.97. The Morgan fingerprint density at radius 3 is 2.89 bits per heavy atom. The van der Waals surface area contributed by atoms with Gasteiger partial charge in [0.15, 0.2) is 0 Å². The number of carbonyl (C=O) groups excluding carboxylic acids is 2. The van der Waals surface area contributed by atoms with E-state index in [1.807, 2.05) is 16.7 Å². The van der Waals surface area contributed by atoms with Crippen LogP contribution in [0.3, 0.4) is 0 Å². The van der Waals surface area contributed by atoms with E-state index >= 15 is 0 Å². The summed E-state index contributed by atoms with van der Waals surface area (Å²) >= 11 is 0. The molecular weight excluding hydrogens is 242 g/mol. The number of piperidine rings is 1. The maximum absolute atomic E-state index is 11.9. The number of rotatable bonds is 1. The summed E-state index contributed by atoms with van der Waals surface area (Å²) in [7, 11) is 0. The van der Waals surface area contributed by atoms with Crippen LogP contribution in [0.4, 0.5) is 0 Å². The molecule has 2 aliphatic rings. The fourth-order valence-corrected chi connectivity index (χ4v) is 2.43. The normalized spacial score (nSPS) is 25.9. The highest BCUT2D eigenvalue weighted by molar-refractivity contribution is 5.99. The second kappa shape index (κ2) is 4.50. The van der Waals surface area contributed by atoms with E-state index in [-0.39, 0.29) is 17.9 Å². The number of imidazole rings is 1. The summed E-state index contributed by atoms with van der Waals surface area (Å²) in [6, 6.07) is -0.347. The monoisotopic (exact) mass is 257 g/mol. The molecule has 3 rings (SSSR count). The number of nitrogens with zero attached hydrogens (tertiary/aromatic N) is 2. The number of hydrogen-bond donors (Lipinski definition) is 1. The Morgan fingerprint density at radius 2 is 2.11 bits per heavy atom. The number of nitrogens with one attached hydrogen (secondary N) is 1. The molecule has 0 aromatic carbocycles. The van der Waals surface area contributed by atoms with Crippen molar-refractivity contribution >= 4 is 24.0 Å². The van der Waals surface area contributed by atoms with Crippen LogP contribution < -0.4 is 5.32 Å². The fourth-order valence-electron chi connectivity index (χ4n) is 2.43. The molecule has 1 unspecified atom stereocenters. The topological polar surface area (TPSA) is 64.0 Å². The molecule has 2 amide bonds. The lowest BCUT2D eigenvalue weighted by Crippen LogP contribution is -2.41. The summed E-state index contributed by atoms with van der Waals surface area (Å²) in [4.78, 5) is 27.4. The summed E-state index contributed by atoms with van der Waals surface area (Å²) in [5.74, 6) is -0.0907. The van der Waals surface area contributed by atoms with E-state index in [1.165, 1.54) is 0 Å². The molecule has 1 saturated heterocycles. The lowest BCUT2D eigenvalue weighted by atomic mass is 10.1. The first kappa shape index (κ1) is 11.9. The van der Waals surface area contributed by atoms with Crippen LogP contribution in [0.1, 0.15) is 37.2 Å². The van der Waals surface area contributed by atoms with Gasteiger partial charge >= 0.3 is 0 Å². The van der Waals surface area contributed by atoms with Gasteiger partial charge in [-0.1, -0.05) is 19.1 Å². The first-order valence-electron chi connectivity index (χ1n) is 6.42. The quantitative estimate of drug-likeness (QED) is 0.776. The van der Waals surface area contributed by atoms with Gasteiger partial charge in [-0.3, -0.25) is 14.9 Å². The van der Waals surface area contributed by atoms with Crippen LogP contribution in [0.25, 0.3) is 12.2 Å². The van der Waals surface area contributed by atoms with Crippen LogP contribution in [0.2, 0.25) is 0 Å². The summed E-state index contributed by atoms with van der Waals surface area (Å²) in [6.07, 6.45) is 10.7. The van der Waals surface area contributed by atoms with Gasteiger partial charge in [0, 0.05) is 6.42 Å². The Bertz CT molecular complexity index is 598. The lowest BCUT2D eigenvalue weighted by molar-refractivity contribution is -0.135. The van der Waals surface area contributed by atoms with E-state index in [4.69, 9.17) is 0 Å². The second-order valence-corrected chi connectivity index (χ2v) is 4.97. The first-order chi connectivity index (χ1) is 9.15. The van der Waals surface area contributed by atoms with Crippen LogP contribution in [-0.4, -0.2) is 21.4 Å². The van der Waals surface area contributed by atoms with Crippen LogP contribution >= 0.6 is 0 Å². The Hall–Kier alpha value is -2.17. The van der Waals surface area contributed by atoms with Crippen LogP contribution in [0, 0.1) is 5.92 Å². The molecule has 0 spiro atoms. The highest BCUT2D eigenvalue weighted by Gasteiger charge is 2.29. The zero-order valence-electron chi connectivity index (χ0n) is 10.7. The number of imide groups is 1. The van der Waals surface area contributed by atoms with Crippen LogP contribution in [0.15, 0.2) is 18.5 Å². The van der Waals surface area contributed by atoms with Gasteiger partial charge in [-0.25, -0.2) is 4.98 Å². The van der Waals surface area contributed by atoms with Gasteiger partial charge in [-0.05, 0) is 24.5 Å². The predicted octanol–water partition coefficient (Wildman–Crippen LogP) is 1.54. The first-order valence-corrected chi connectivity index (χ1v) is 6.42. The summed E-state index contributed by atoms with van der Waals surface area (Å²) in [5.41, 5.74) is 1.79. The van der Waals surface area contributed by atoms with Gasteiger partial charge in [-0.15, -0.1) is 0 Å². The van der Waals surface area contributed by atoms with Gasteiger partial charge in [-0.2, -0.15) is 0 Å². The third-order valence-electron chi connectivity index (χ3n) is 3.52. The SMILES string of the molecule is C[C@@H]1C=Cc2ncn(C3CCC(=O)NC3=O)c2C=C1. The van der Waals surface area contributed by atoms with Gasteiger partial charge in [0.05, 0.1) is 17.7 Å². The largest absolute Gasteiger partial charge is 0.318 e. The fraction of sp³-hybridized carbons (Fsp3) is 0.357. The van der Waals surface area contributed by atoms with Gasteiger partial charge in [0.1, 0.15) is 6.04 Å². The van der Waals surface area contributed by atoms with E-state index in [0.717, 1.165) is 11.4 Å². The maximum atomic E-state index is 11.9. The zero-order chi connectivity index (χ0) is 13.4. The van der Waals surface area contributed by atoms with Crippen molar-refractivity contribution in [2.45, 2.75) is 25.8 Å². The molecule has 2 atom stereocenters. The Balaban J connectivity index is 1.97. The molecule has 19 heavy (non-hydrogen) atoms.